The molecule has 2 aliphatic heterocycles. The lowest BCUT2D eigenvalue weighted by Crippen LogP contribution is -2.61. The van der Waals surface area contributed by atoms with Gasteiger partial charge in [0.15, 0.2) is 17.4 Å². The Bertz CT molecular complexity index is 1280. The van der Waals surface area contributed by atoms with E-state index in [9.17, 15) is 31.5 Å². The normalized spacial score (nSPS) is 20.4. The lowest BCUT2D eigenvalue weighted by atomic mass is 9.84. The molecule has 2 bridgehead atoms. The average Bonchev–Trinajstić information content (AvgIpc) is 2.85. The molecule has 11 heteroatoms. The second-order valence-electron chi connectivity index (χ2n) is 8.86. The molecule has 1 fully saturated rings. The number of piperazine rings is 1. The predicted molar refractivity (Wildman–Crippen MR) is 127 cm³/mol. The lowest BCUT2D eigenvalue weighted by Gasteiger charge is -2.42. The number of nitrogens with one attached hydrogen (secondary N) is 1. The van der Waals surface area contributed by atoms with E-state index in [1.807, 2.05) is 24.3 Å². The van der Waals surface area contributed by atoms with Crippen LogP contribution in [0.15, 0.2) is 42.0 Å². The Balaban J connectivity index is 1.44. The van der Waals surface area contributed by atoms with Gasteiger partial charge in [-0.2, -0.15) is 8.70 Å². The quantitative estimate of drug-likeness (QED) is 0.386. The summed E-state index contributed by atoms with van der Waals surface area (Å²) in [6, 6.07) is 8.04. The summed E-state index contributed by atoms with van der Waals surface area (Å²) in [6.07, 6.45) is 1.33. The Labute approximate surface area is 207 Å². The van der Waals surface area contributed by atoms with E-state index in [-0.39, 0.29) is 37.1 Å². The minimum Gasteiger partial charge on any atom is -0.488 e. The largest absolute Gasteiger partial charge is 0.488 e. The number of nitrogens with zero attached hydrogens (tertiary/aromatic N) is 1. The zero-order valence-corrected chi connectivity index (χ0v) is 20.5. The number of aliphatic carboxylic acids is 1. The highest BCUT2D eigenvalue weighted by Gasteiger charge is 2.41. The maximum Gasteiger partial charge on any atom is 0.333 e. The van der Waals surface area contributed by atoms with Crippen molar-refractivity contribution in [3.8, 4) is 5.75 Å². The van der Waals surface area contributed by atoms with Gasteiger partial charge in [-0.05, 0) is 55.0 Å². The molecule has 2 aliphatic rings. The second-order valence-corrected chi connectivity index (χ2v) is 11.1. The molecule has 0 unspecified atom stereocenters. The van der Waals surface area contributed by atoms with Crippen molar-refractivity contribution in [2.75, 3.05) is 25.4 Å². The van der Waals surface area contributed by atoms with E-state index in [0.29, 0.717) is 30.9 Å². The summed E-state index contributed by atoms with van der Waals surface area (Å²) in [5.74, 6) is -5.37. The van der Waals surface area contributed by atoms with E-state index >= 15 is 0 Å². The molecular formula is C25H27F3N2O5S. The topological polar surface area (TPSA) is 95.9 Å². The Morgan fingerprint density at radius 3 is 2.47 bits per heavy atom. The van der Waals surface area contributed by atoms with Gasteiger partial charge in [0.1, 0.15) is 0 Å². The predicted octanol–water partition coefficient (Wildman–Crippen LogP) is 3.35. The van der Waals surface area contributed by atoms with E-state index < -0.39 is 45.2 Å². The molecule has 0 radical (unpaired) electrons. The minimum atomic E-state index is -3.43. The number of rotatable bonds is 9. The highest BCUT2D eigenvalue weighted by Crippen LogP contribution is 2.34. The summed E-state index contributed by atoms with van der Waals surface area (Å²) in [4.78, 5) is 12.1. The number of fused-ring (bicyclic) bond motifs is 2. The Morgan fingerprint density at radius 2 is 1.81 bits per heavy atom. The van der Waals surface area contributed by atoms with Gasteiger partial charge in [-0.3, -0.25) is 0 Å². The fraction of sp³-hybridized carbons (Fsp3) is 0.400. The van der Waals surface area contributed by atoms with Crippen LogP contribution in [0.1, 0.15) is 30.9 Å². The summed E-state index contributed by atoms with van der Waals surface area (Å²) in [7, 11) is -3.43. The van der Waals surface area contributed by atoms with Crippen molar-refractivity contribution in [1.82, 2.24) is 9.62 Å². The smallest absolute Gasteiger partial charge is 0.333 e. The third-order valence-electron chi connectivity index (χ3n) is 6.52. The summed E-state index contributed by atoms with van der Waals surface area (Å²) in [5, 5.41) is 13.2. The van der Waals surface area contributed by atoms with Crippen molar-refractivity contribution >= 4 is 21.6 Å². The molecule has 0 saturated carbocycles. The molecule has 0 aromatic heterocycles. The van der Waals surface area contributed by atoms with Crippen LogP contribution in [-0.2, 0) is 21.2 Å². The van der Waals surface area contributed by atoms with Crippen LogP contribution in [0, 0.1) is 17.5 Å². The minimum absolute atomic E-state index is 0.0143. The maximum absolute atomic E-state index is 13.7. The van der Waals surface area contributed by atoms with Crippen LogP contribution in [-0.4, -0.2) is 61.3 Å². The fourth-order valence-corrected chi connectivity index (χ4v) is 5.85. The number of benzene rings is 2. The molecule has 7 nitrogen and oxygen atoms in total. The molecule has 0 aliphatic carbocycles. The number of sulfonamides is 1. The summed E-state index contributed by atoms with van der Waals surface area (Å²) >= 11 is 0. The molecule has 2 N–H and O–H groups in total. The molecule has 36 heavy (non-hydrogen) atoms. The number of hydrogen-bond donors (Lipinski definition) is 2. The molecule has 2 atom stereocenters. The molecule has 4 rings (SSSR count). The monoisotopic (exact) mass is 524 g/mol. The van der Waals surface area contributed by atoms with E-state index in [4.69, 9.17) is 4.74 Å². The number of hydrogen-bond acceptors (Lipinski definition) is 5. The molecule has 194 valence electrons. The Kier molecular flexibility index (Phi) is 7.72. The van der Waals surface area contributed by atoms with Crippen molar-refractivity contribution in [3.63, 3.8) is 0 Å². The van der Waals surface area contributed by atoms with Gasteiger partial charge in [0.2, 0.25) is 15.8 Å². The number of ether oxygens (including phenoxy) is 1. The SMILES string of the molecule is CCS(=O)(=O)N1C[C@H]2CC(c3ccc(CCCOc4c(F)ccc(F)c4F)cc3)=C(C(=O)O)[C@@H](C1)N2. The van der Waals surface area contributed by atoms with Crippen molar-refractivity contribution < 1.29 is 36.2 Å². The summed E-state index contributed by atoms with van der Waals surface area (Å²) in [5.41, 5.74) is 2.51. The zero-order chi connectivity index (χ0) is 26.0. The van der Waals surface area contributed by atoms with E-state index in [2.05, 4.69) is 5.32 Å². The van der Waals surface area contributed by atoms with Gasteiger partial charge in [0.05, 0.1) is 24.0 Å². The Morgan fingerprint density at radius 1 is 1.11 bits per heavy atom. The molecule has 0 spiro atoms. The van der Waals surface area contributed by atoms with Crippen molar-refractivity contribution in [2.24, 2.45) is 0 Å². The van der Waals surface area contributed by atoms with Crippen LogP contribution in [0.2, 0.25) is 0 Å². The van der Waals surface area contributed by atoms with Crippen LogP contribution in [0.5, 0.6) is 5.75 Å². The molecule has 2 heterocycles. The number of halogens is 3. The maximum atomic E-state index is 13.7. The third-order valence-corrected chi connectivity index (χ3v) is 8.33. The first-order valence-corrected chi connectivity index (χ1v) is 13.3. The number of carboxylic acids is 1. The first-order valence-electron chi connectivity index (χ1n) is 11.7. The van der Waals surface area contributed by atoms with Crippen molar-refractivity contribution in [3.05, 3.63) is 70.5 Å². The van der Waals surface area contributed by atoms with Gasteiger partial charge >= 0.3 is 5.97 Å². The first-order chi connectivity index (χ1) is 17.1. The Hall–Kier alpha value is -2.89. The van der Waals surface area contributed by atoms with Crippen LogP contribution in [0.4, 0.5) is 13.2 Å². The van der Waals surface area contributed by atoms with E-state index in [1.54, 1.807) is 6.92 Å². The molecule has 2 aromatic rings. The van der Waals surface area contributed by atoms with Gasteiger partial charge < -0.3 is 15.2 Å². The number of aryl methyl sites for hydroxylation is 1. The molecule has 0 amide bonds. The molecular weight excluding hydrogens is 497 g/mol. The van der Waals surface area contributed by atoms with Crippen molar-refractivity contribution in [1.29, 1.82) is 0 Å². The lowest BCUT2D eigenvalue weighted by molar-refractivity contribution is -0.133. The van der Waals surface area contributed by atoms with E-state index in [1.165, 1.54) is 4.31 Å². The van der Waals surface area contributed by atoms with Gasteiger partial charge in [-0.25, -0.2) is 22.0 Å². The standard InChI is InChI=1S/C25H27F3N2O5S/c1-2-36(33,34)30-13-17-12-18(22(25(31)32)21(14-30)29-17)16-7-5-15(6-8-16)4-3-11-35-24-20(27)10-9-19(26)23(24)28/h5-10,17,21,29H,2-4,11-14H2,1H3,(H,31,32)/t17-,21-/m1/s1. The van der Waals surface area contributed by atoms with Gasteiger partial charge in [-0.1, -0.05) is 24.3 Å². The van der Waals surface area contributed by atoms with Gasteiger partial charge in [-0.15, -0.1) is 0 Å². The fourth-order valence-electron chi connectivity index (χ4n) is 4.70. The highest BCUT2D eigenvalue weighted by atomic mass is 32.2. The first kappa shape index (κ1) is 26.2. The molecule has 2 aromatic carbocycles. The van der Waals surface area contributed by atoms with Crippen molar-refractivity contribution in [2.45, 2.75) is 38.3 Å². The van der Waals surface area contributed by atoms with E-state index in [0.717, 1.165) is 17.2 Å². The second kappa shape index (κ2) is 10.6. The van der Waals surface area contributed by atoms with Gasteiger partial charge in [0, 0.05) is 19.1 Å². The van der Waals surface area contributed by atoms with Crippen LogP contribution < -0.4 is 10.1 Å². The van der Waals surface area contributed by atoms with Crippen LogP contribution in [0.3, 0.4) is 0 Å². The average molecular weight is 525 g/mol. The number of carboxylic acid groups (broad SMARTS) is 1. The molecule has 1 saturated heterocycles. The van der Waals surface area contributed by atoms with Crippen LogP contribution in [0.25, 0.3) is 5.57 Å². The zero-order valence-electron chi connectivity index (χ0n) is 19.6. The van der Waals surface area contributed by atoms with Crippen LogP contribution >= 0.6 is 0 Å². The summed E-state index contributed by atoms with van der Waals surface area (Å²) in [6.45, 7) is 1.91. The third kappa shape index (κ3) is 5.42. The summed E-state index contributed by atoms with van der Waals surface area (Å²) < 4.78 is 71.8. The van der Waals surface area contributed by atoms with Gasteiger partial charge in [0.25, 0.3) is 0 Å². The number of carbonyl (C=O) groups is 1. The highest BCUT2D eigenvalue weighted by molar-refractivity contribution is 7.89.